The van der Waals surface area contributed by atoms with Crippen molar-refractivity contribution in [2.75, 3.05) is 11.5 Å². The summed E-state index contributed by atoms with van der Waals surface area (Å²) < 4.78 is 11.8. The van der Waals surface area contributed by atoms with E-state index in [4.69, 9.17) is 44.1 Å². The zero-order valence-corrected chi connectivity index (χ0v) is 16.0. The van der Waals surface area contributed by atoms with Gasteiger partial charge in [0.05, 0.1) is 27.0 Å². The van der Waals surface area contributed by atoms with Crippen LogP contribution in [0.2, 0.25) is 10.0 Å². The standard InChI is InChI=1S/C20H12Cl2N2O5/c21-11-2-9-17(5-15(11)25)28-18-6-16(26)12(22)3-10(18)20(9)8-4-14(24)13(23)1-7(8)19(27)29-20/h1-6,25-26H,23-24H2. The van der Waals surface area contributed by atoms with Gasteiger partial charge in [0.2, 0.25) is 0 Å². The van der Waals surface area contributed by atoms with E-state index >= 15 is 0 Å². The number of esters is 1. The van der Waals surface area contributed by atoms with Crippen LogP contribution in [0.25, 0.3) is 0 Å². The molecule has 3 aromatic rings. The Morgan fingerprint density at radius 3 is 1.86 bits per heavy atom. The van der Waals surface area contributed by atoms with Gasteiger partial charge in [-0.15, -0.1) is 0 Å². The predicted molar refractivity (Wildman–Crippen MR) is 107 cm³/mol. The first-order valence-corrected chi connectivity index (χ1v) is 9.14. The zero-order chi connectivity index (χ0) is 20.7. The summed E-state index contributed by atoms with van der Waals surface area (Å²) >= 11 is 12.3. The number of rotatable bonds is 0. The zero-order valence-electron chi connectivity index (χ0n) is 14.5. The van der Waals surface area contributed by atoms with Gasteiger partial charge >= 0.3 is 5.97 Å². The third kappa shape index (κ3) is 2.22. The molecule has 0 fully saturated rings. The summed E-state index contributed by atoms with van der Waals surface area (Å²) in [4.78, 5) is 12.8. The number of hydrogen-bond acceptors (Lipinski definition) is 7. The average molecular weight is 431 g/mol. The van der Waals surface area contributed by atoms with E-state index in [1.807, 2.05) is 0 Å². The number of nitrogen functional groups attached to an aromatic ring is 2. The first-order valence-electron chi connectivity index (χ1n) is 8.39. The highest BCUT2D eigenvalue weighted by molar-refractivity contribution is 6.32. The summed E-state index contributed by atoms with van der Waals surface area (Å²) in [7, 11) is 0. The van der Waals surface area contributed by atoms with Crippen LogP contribution in [-0.4, -0.2) is 16.2 Å². The van der Waals surface area contributed by atoms with Gasteiger partial charge in [-0.1, -0.05) is 23.2 Å². The molecule has 0 saturated carbocycles. The molecule has 5 rings (SSSR count). The lowest BCUT2D eigenvalue weighted by Crippen LogP contribution is -2.33. The summed E-state index contributed by atoms with van der Waals surface area (Å²) in [6.07, 6.45) is 0. The summed E-state index contributed by atoms with van der Waals surface area (Å²) in [5.74, 6) is -0.680. The van der Waals surface area contributed by atoms with Gasteiger partial charge in [-0.25, -0.2) is 4.79 Å². The van der Waals surface area contributed by atoms with E-state index in [0.717, 1.165) is 0 Å². The molecule has 2 aliphatic heterocycles. The summed E-state index contributed by atoms with van der Waals surface area (Å²) in [5, 5.41) is 20.2. The Morgan fingerprint density at radius 1 is 0.793 bits per heavy atom. The fraction of sp³-hybridized carbons (Fsp3) is 0.0500. The molecule has 2 heterocycles. The van der Waals surface area contributed by atoms with Gasteiger partial charge < -0.3 is 31.2 Å². The van der Waals surface area contributed by atoms with Gasteiger partial charge in [-0.3, -0.25) is 0 Å². The topological polar surface area (TPSA) is 128 Å². The Balaban J connectivity index is 1.94. The van der Waals surface area contributed by atoms with Crippen LogP contribution in [0.4, 0.5) is 11.4 Å². The molecule has 0 atom stereocenters. The van der Waals surface area contributed by atoms with Crippen LogP contribution in [0.5, 0.6) is 23.0 Å². The fourth-order valence-electron chi connectivity index (χ4n) is 3.81. The number of anilines is 2. The van der Waals surface area contributed by atoms with Crippen molar-refractivity contribution >= 4 is 40.5 Å². The van der Waals surface area contributed by atoms with Crippen molar-refractivity contribution in [3.05, 3.63) is 68.7 Å². The third-order valence-corrected chi connectivity index (χ3v) is 5.75. The number of carbonyl (C=O) groups is 1. The van der Waals surface area contributed by atoms with E-state index < -0.39 is 11.6 Å². The maximum absolute atomic E-state index is 12.8. The molecular weight excluding hydrogens is 419 g/mol. The van der Waals surface area contributed by atoms with Crippen LogP contribution in [0.1, 0.15) is 27.0 Å². The largest absolute Gasteiger partial charge is 0.506 e. The van der Waals surface area contributed by atoms with Crippen LogP contribution >= 0.6 is 23.2 Å². The second-order valence-electron chi connectivity index (χ2n) is 6.80. The molecule has 0 aromatic heterocycles. The van der Waals surface area contributed by atoms with Crippen molar-refractivity contribution in [2.24, 2.45) is 0 Å². The second-order valence-corrected chi connectivity index (χ2v) is 7.61. The summed E-state index contributed by atoms with van der Waals surface area (Å²) in [6, 6.07) is 8.51. The van der Waals surface area contributed by atoms with Gasteiger partial charge in [-0.2, -0.15) is 0 Å². The number of phenolic OH excluding ortho intramolecular Hbond substituents is 2. The van der Waals surface area contributed by atoms with Crippen molar-refractivity contribution in [2.45, 2.75) is 5.60 Å². The molecule has 0 bridgehead atoms. The number of fused-ring (bicyclic) bond motifs is 6. The molecule has 3 aromatic carbocycles. The van der Waals surface area contributed by atoms with Crippen molar-refractivity contribution in [1.82, 2.24) is 0 Å². The quantitative estimate of drug-likeness (QED) is 0.311. The Hall–Kier alpha value is -3.29. The van der Waals surface area contributed by atoms with Crippen molar-refractivity contribution in [1.29, 1.82) is 0 Å². The molecule has 6 N–H and O–H groups in total. The van der Waals surface area contributed by atoms with E-state index in [0.29, 0.717) is 16.7 Å². The highest BCUT2D eigenvalue weighted by atomic mass is 35.5. The molecular formula is C20H12Cl2N2O5. The number of nitrogens with two attached hydrogens (primary N) is 2. The lowest BCUT2D eigenvalue weighted by atomic mass is 9.77. The van der Waals surface area contributed by atoms with Gasteiger partial charge in [0.15, 0.2) is 5.60 Å². The molecule has 146 valence electrons. The smallest absolute Gasteiger partial charge is 0.340 e. The number of hydrogen-bond donors (Lipinski definition) is 4. The maximum atomic E-state index is 12.8. The molecule has 0 unspecified atom stereocenters. The minimum absolute atomic E-state index is 0.0352. The van der Waals surface area contributed by atoms with Crippen molar-refractivity contribution in [3.8, 4) is 23.0 Å². The summed E-state index contributed by atoms with van der Waals surface area (Å²) in [6.45, 7) is 0. The van der Waals surface area contributed by atoms with E-state index in [9.17, 15) is 15.0 Å². The van der Waals surface area contributed by atoms with Crippen LogP contribution in [0.15, 0.2) is 36.4 Å². The van der Waals surface area contributed by atoms with Crippen molar-refractivity contribution < 1.29 is 24.5 Å². The van der Waals surface area contributed by atoms with Crippen LogP contribution in [-0.2, 0) is 10.3 Å². The van der Waals surface area contributed by atoms with E-state index in [-0.39, 0.29) is 50.0 Å². The van der Waals surface area contributed by atoms with Gasteiger partial charge in [0.1, 0.15) is 23.0 Å². The van der Waals surface area contributed by atoms with E-state index in [2.05, 4.69) is 0 Å². The normalized spacial score (nSPS) is 15.3. The minimum atomic E-state index is -1.51. The number of phenols is 2. The van der Waals surface area contributed by atoms with Crippen LogP contribution in [0.3, 0.4) is 0 Å². The van der Waals surface area contributed by atoms with E-state index in [1.165, 1.54) is 30.3 Å². The van der Waals surface area contributed by atoms with Gasteiger partial charge in [0, 0.05) is 28.8 Å². The number of carbonyl (C=O) groups excluding carboxylic acids is 1. The SMILES string of the molecule is Nc1cc2c(cc1N)C1(OC2=O)c2cc(Cl)c(O)cc2Oc2cc(O)c(Cl)cc21. The Kier molecular flexibility index (Phi) is 3.45. The highest BCUT2D eigenvalue weighted by Crippen LogP contribution is 2.59. The van der Waals surface area contributed by atoms with Gasteiger partial charge in [-0.05, 0) is 24.3 Å². The lowest BCUT2D eigenvalue weighted by Gasteiger charge is -2.37. The molecule has 7 nitrogen and oxygen atoms in total. The van der Waals surface area contributed by atoms with Crippen molar-refractivity contribution in [3.63, 3.8) is 0 Å². The number of aromatic hydroxyl groups is 2. The maximum Gasteiger partial charge on any atom is 0.340 e. The second kappa shape index (κ2) is 5.62. The molecule has 0 aliphatic carbocycles. The molecule has 2 aliphatic rings. The average Bonchev–Trinajstić information content (AvgIpc) is 2.93. The number of ether oxygens (including phenoxy) is 2. The Labute approximate surface area is 174 Å². The molecule has 29 heavy (non-hydrogen) atoms. The number of halogens is 2. The van der Waals surface area contributed by atoms with Gasteiger partial charge in [0.25, 0.3) is 0 Å². The molecule has 0 amide bonds. The first-order chi connectivity index (χ1) is 13.7. The third-order valence-electron chi connectivity index (χ3n) is 5.14. The highest BCUT2D eigenvalue weighted by Gasteiger charge is 2.54. The van der Waals surface area contributed by atoms with Crippen LogP contribution in [0, 0.1) is 0 Å². The first kappa shape index (κ1) is 17.8. The molecule has 9 heteroatoms. The Morgan fingerprint density at radius 2 is 1.31 bits per heavy atom. The van der Waals surface area contributed by atoms with E-state index in [1.54, 1.807) is 6.07 Å². The fourth-order valence-corrected chi connectivity index (χ4v) is 4.14. The predicted octanol–water partition coefficient (Wildman–Crippen LogP) is 4.14. The summed E-state index contributed by atoms with van der Waals surface area (Å²) in [5.41, 5.74) is 12.3. The number of benzene rings is 3. The van der Waals surface area contributed by atoms with Crippen LogP contribution < -0.4 is 16.2 Å². The Bertz CT molecular complexity index is 1200. The molecule has 0 radical (unpaired) electrons. The minimum Gasteiger partial charge on any atom is -0.506 e. The molecule has 0 saturated heterocycles. The monoisotopic (exact) mass is 430 g/mol. The lowest BCUT2D eigenvalue weighted by molar-refractivity contribution is 0.0224. The molecule has 1 spiro atoms.